The lowest BCUT2D eigenvalue weighted by atomic mass is 10.1. The Morgan fingerprint density at radius 3 is 2.95 bits per heavy atom. The molecule has 0 aliphatic carbocycles. The second-order valence-corrected chi connectivity index (χ2v) is 5.67. The van der Waals surface area contributed by atoms with Crippen molar-refractivity contribution >= 4 is 24.2 Å². The molecule has 0 aromatic rings. The number of hydrogen-bond acceptors (Lipinski definition) is 5. The van der Waals surface area contributed by atoms with E-state index in [1.54, 1.807) is 11.9 Å². The van der Waals surface area contributed by atoms with E-state index in [-0.39, 0.29) is 43.4 Å². The molecular weight excluding hydrogens is 310 g/mol. The molecule has 2 amide bonds. The fourth-order valence-corrected chi connectivity index (χ4v) is 2.77. The molecule has 2 rings (SSSR count). The van der Waals surface area contributed by atoms with Gasteiger partial charge in [0.25, 0.3) is 0 Å². The summed E-state index contributed by atoms with van der Waals surface area (Å²) >= 11 is 0. The van der Waals surface area contributed by atoms with Crippen molar-refractivity contribution in [2.45, 2.75) is 31.4 Å². The van der Waals surface area contributed by atoms with Gasteiger partial charge in [0.1, 0.15) is 0 Å². The first-order valence-corrected chi connectivity index (χ1v) is 7.60. The lowest BCUT2D eigenvalue weighted by Crippen LogP contribution is -2.57. The third kappa shape index (κ3) is 5.08. The van der Waals surface area contributed by atoms with Gasteiger partial charge in [-0.05, 0) is 12.8 Å². The number of piperazine rings is 1. The predicted octanol–water partition coefficient (Wildman–Crippen LogP) is -0.772. The Bertz CT molecular complexity index is 377. The van der Waals surface area contributed by atoms with Crippen molar-refractivity contribution in [1.29, 1.82) is 0 Å². The number of ether oxygens (including phenoxy) is 1. The van der Waals surface area contributed by atoms with Crippen molar-refractivity contribution in [2.24, 2.45) is 0 Å². The molecule has 0 bridgehead atoms. The SMILES string of the molecule is CN(CCO)C(=O)CC1NCCN(CC2CCCO2)C1=O.Cl. The molecule has 22 heavy (non-hydrogen) atoms. The van der Waals surface area contributed by atoms with Gasteiger partial charge in [-0.15, -0.1) is 12.4 Å². The van der Waals surface area contributed by atoms with Gasteiger partial charge in [0, 0.05) is 39.8 Å². The number of nitrogens with one attached hydrogen (secondary N) is 1. The summed E-state index contributed by atoms with van der Waals surface area (Å²) in [5.74, 6) is -0.156. The van der Waals surface area contributed by atoms with Crippen LogP contribution in [0, 0.1) is 0 Å². The third-order valence-electron chi connectivity index (χ3n) is 4.07. The van der Waals surface area contributed by atoms with Crippen molar-refractivity contribution < 1.29 is 19.4 Å². The molecule has 8 heteroatoms. The number of rotatable bonds is 6. The number of carbonyl (C=O) groups excluding carboxylic acids is 2. The molecule has 0 saturated carbocycles. The summed E-state index contributed by atoms with van der Waals surface area (Å²) < 4.78 is 5.57. The molecule has 0 radical (unpaired) electrons. The monoisotopic (exact) mass is 335 g/mol. The van der Waals surface area contributed by atoms with E-state index in [1.807, 2.05) is 0 Å². The molecular formula is C14H26ClN3O4. The van der Waals surface area contributed by atoms with E-state index >= 15 is 0 Å². The maximum Gasteiger partial charge on any atom is 0.240 e. The van der Waals surface area contributed by atoms with Crippen LogP contribution in [-0.4, -0.2) is 85.3 Å². The minimum Gasteiger partial charge on any atom is -0.395 e. The Balaban J connectivity index is 0.00000242. The Morgan fingerprint density at radius 1 is 1.55 bits per heavy atom. The van der Waals surface area contributed by atoms with Crippen LogP contribution in [0.25, 0.3) is 0 Å². The summed E-state index contributed by atoms with van der Waals surface area (Å²) in [6.07, 6.45) is 2.33. The molecule has 128 valence electrons. The third-order valence-corrected chi connectivity index (χ3v) is 4.07. The number of nitrogens with zero attached hydrogens (tertiary/aromatic N) is 2. The quantitative estimate of drug-likeness (QED) is 0.666. The van der Waals surface area contributed by atoms with Crippen molar-refractivity contribution in [3.63, 3.8) is 0 Å². The van der Waals surface area contributed by atoms with Gasteiger partial charge in [-0.3, -0.25) is 9.59 Å². The Hall–Kier alpha value is -0.890. The van der Waals surface area contributed by atoms with Crippen LogP contribution >= 0.6 is 12.4 Å². The highest BCUT2D eigenvalue weighted by Gasteiger charge is 2.32. The molecule has 2 atom stereocenters. The zero-order chi connectivity index (χ0) is 15.2. The number of aliphatic hydroxyl groups excluding tert-OH is 1. The highest BCUT2D eigenvalue weighted by molar-refractivity contribution is 5.88. The number of aliphatic hydroxyl groups is 1. The molecule has 0 aromatic carbocycles. The normalized spacial score (nSPS) is 25.0. The lowest BCUT2D eigenvalue weighted by molar-refractivity contribution is -0.141. The zero-order valence-electron chi connectivity index (χ0n) is 13.0. The topological polar surface area (TPSA) is 82.1 Å². The molecule has 2 N–H and O–H groups in total. The molecule has 2 fully saturated rings. The highest BCUT2D eigenvalue weighted by atomic mass is 35.5. The molecule has 2 heterocycles. The average Bonchev–Trinajstić information content (AvgIpc) is 2.96. The van der Waals surface area contributed by atoms with Crippen LogP contribution in [0.2, 0.25) is 0 Å². The summed E-state index contributed by atoms with van der Waals surface area (Å²) in [5, 5.41) is 12.0. The smallest absolute Gasteiger partial charge is 0.240 e. The van der Waals surface area contributed by atoms with Crippen LogP contribution in [0.15, 0.2) is 0 Å². The van der Waals surface area contributed by atoms with Crippen molar-refractivity contribution in [2.75, 3.05) is 46.4 Å². The van der Waals surface area contributed by atoms with Gasteiger partial charge in [-0.1, -0.05) is 0 Å². The maximum absolute atomic E-state index is 12.4. The van der Waals surface area contributed by atoms with Crippen molar-refractivity contribution in [1.82, 2.24) is 15.1 Å². The first kappa shape index (κ1) is 19.2. The van der Waals surface area contributed by atoms with Gasteiger partial charge in [-0.25, -0.2) is 0 Å². The van der Waals surface area contributed by atoms with E-state index in [0.717, 1.165) is 19.4 Å². The largest absolute Gasteiger partial charge is 0.395 e. The number of amides is 2. The van der Waals surface area contributed by atoms with E-state index in [1.165, 1.54) is 4.90 Å². The van der Waals surface area contributed by atoms with Gasteiger partial charge in [0.05, 0.1) is 25.2 Å². The van der Waals surface area contributed by atoms with Crippen LogP contribution in [0.1, 0.15) is 19.3 Å². The van der Waals surface area contributed by atoms with Crippen LogP contribution in [0.4, 0.5) is 0 Å². The van der Waals surface area contributed by atoms with E-state index in [0.29, 0.717) is 26.2 Å². The molecule has 2 saturated heterocycles. The Kier molecular flexibility index (Phi) is 8.09. The minimum absolute atomic E-state index is 0. The summed E-state index contributed by atoms with van der Waals surface area (Å²) in [6, 6.07) is -0.464. The van der Waals surface area contributed by atoms with Gasteiger partial charge >= 0.3 is 0 Å². The van der Waals surface area contributed by atoms with Crippen molar-refractivity contribution in [3.8, 4) is 0 Å². The van der Waals surface area contributed by atoms with Gasteiger partial charge in [0.2, 0.25) is 11.8 Å². The molecule has 0 spiro atoms. The van der Waals surface area contributed by atoms with E-state index in [9.17, 15) is 9.59 Å². The summed E-state index contributed by atoms with van der Waals surface area (Å²) in [6.45, 7) is 2.98. The fourth-order valence-electron chi connectivity index (χ4n) is 2.77. The van der Waals surface area contributed by atoms with E-state index in [2.05, 4.69) is 5.32 Å². The second-order valence-electron chi connectivity index (χ2n) is 5.67. The Morgan fingerprint density at radius 2 is 2.32 bits per heavy atom. The number of hydrogen-bond donors (Lipinski definition) is 2. The first-order valence-electron chi connectivity index (χ1n) is 7.60. The molecule has 7 nitrogen and oxygen atoms in total. The maximum atomic E-state index is 12.4. The Labute approximate surface area is 137 Å². The summed E-state index contributed by atoms with van der Waals surface area (Å²) in [7, 11) is 1.63. The van der Waals surface area contributed by atoms with Crippen molar-refractivity contribution in [3.05, 3.63) is 0 Å². The average molecular weight is 336 g/mol. The number of likely N-dealkylation sites (N-methyl/N-ethyl adjacent to an activating group) is 1. The van der Waals surface area contributed by atoms with Crippen LogP contribution in [-0.2, 0) is 14.3 Å². The van der Waals surface area contributed by atoms with Crippen LogP contribution in [0.3, 0.4) is 0 Å². The molecule has 0 aromatic heterocycles. The standard InChI is InChI=1S/C14H25N3O4.ClH/c1-16(6-7-18)13(19)9-12-14(20)17(5-4-15-12)10-11-3-2-8-21-11;/h11-12,15,18H,2-10H2,1H3;1H. The number of carbonyl (C=O) groups is 2. The van der Waals surface area contributed by atoms with Gasteiger partial charge in [-0.2, -0.15) is 0 Å². The summed E-state index contributed by atoms with van der Waals surface area (Å²) in [5.41, 5.74) is 0. The molecule has 2 aliphatic heterocycles. The zero-order valence-corrected chi connectivity index (χ0v) is 13.8. The van der Waals surface area contributed by atoms with Crippen LogP contribution < -0.4 is 5.32 Å². The molecule has 2 aliphatic rings. The minimum atomic E-state index is -0.464. The first-order chi connectivity index (χ1) is 10.1. The lowest BCUT2D eigenvalue weighted by Gasteiger charge is -2.34. The molecule has 2 unspecified atom stereocenters. The summed E-state index contributed by atoms with van der Waals surface area (Å²) in [4.78, 5) is 27.6. The van der Waals surface area contributed by atoms with E-state index in [4.69, 9.17) is 9.84 Å². The fraction of sp³-hybridized carbons (Fsp3) is 0.857. The highest BCUT2D eigenvalue weighted by Crippen LogP contribution is 2.15. The second kappa shape index (κ2) is 9.29. The van der Waals surface area contributed by atoms with Gasteiger partial charge in [0.15, 0.2) is 0 Å². The predicted molar refractivity (Wildman–Crippen MR) is 83.9 cm³/mol. The number of halogens is 1. The van der Waals surface area contributed by atoms with E-state index < -0.39 is 6.04 Å². The van der Waals surface area contributed by atoms with Gasteiger partial charge < -0.3 is 25.0 Å². The van der Waals surface area contributed by atoms with Crippen LogP contribution in [0.5, 0.6) is 0 Å².